The number of aryl methyl sites for hydroxylation is 1. The van der Waals surface area contributed by atoms with Crippen molar-refractivity contribution in [2.24, 2.45) is 0 Å². The van der Waals surface area contributed by atoms with Crippen LogP contribution in [0.25, 0.3) is 10.9 Å². The minimum Gasteiger partial charge on any atom is -0.379 e. The molecular weight excluding hydrogens is 426 g/mol. The van der Waals surface area contributed by atoms with Gasteiger partial charge in [-0.15, -0.1) is 0 Å². The summed E-state index contributed by atoms with van der Waals surface area (Å²) in [5.41, 5.74) is 3.34. The fourth-order valence-electron chi connectivity index (χ4n) is 3.70. The zero-order chi connectivity index (χ0) is 22.9. The number of benzene rings is 2. The molecule has 1 amide bonds. The van der Waals surface area contributed by atoms with E-state index in [2.05, 4.69) is 10.3 Å². The van der Waals surface area contributed by atoms with Gasteiger partial charge in [-0.25, -0.2) is 8.42 Å². The Kier molecular flexibility index (Phi) is 6.28. The minimum atomic E-state index is -3.66. The van der Waals surface area contributed by atoms with Crippen LogP contribution in [0.3, 0.4) is 0 Å². The van der Waals surface area contributed by atoms with Crippen molar-refractivity contribution in [1.82, 2.24) is 9.29 Å². The highest BCUT2D eigenvalue weighted by atomic mass is 32.2. The number of rotatable bonds is 5. The third-order valence-electron chi connectivity index (χ3n) is 5.64. The molecule has 168 valence electrons. The van der Waals surface area contributed by atoms with Gasteiger partial charge in [-0.2, -0.15) is 4.31 Å². The summed E-state index contributed by atoms with van der Waals surface area (Å²) in [5, 5.41) is 3.68. The topological polar surface area (TPSA) is 88.6 Å². The summed E-state index contributed by atoms with van der Waals surface area (Å²) < 4.78 is 32.8. The number of aromatic nitrogens is 1. The van der Waals surface area contributed by atoms with Gasteiger partial charge in [-0.1, -0.05) is 38.1 Å². The lowest BCUT2D eigenvalue weighted by Crippen LogP contribution is -2.40. The van der Waals surface area contributed by atoms with E-state index >= 15 is 0 Å². The van der Waals surface area contributed by atoms with Crippen molar-refractivity contribution >= 4 is 32.5 Å². The van der Waals surface area contributed by atoms with Crippen molar-refractivity contribution < 1.29 is 17.9 Å². The number of nitrogens with zero attached hydrogens (tertiary/aromatic N) is 2. The van der Waals surface area contributed by atoms with E-state index in [-0.39, 0.29) is 16.7 Å². The van der Waals surface area contributed by atoms with Crippen LogP contribution in [0.1, 0.15) is 41.4 Å². The summed E-state index contributed by atoms with van der Waals surface area (Å²) in [7, 11) is -3.66. The highest BCUT2D eigenvalue weighted by molar-refractivity contribution is 7.89. The molecule has 7 nitrogen and oxygen atoms in total. The lowest BCUT2D eigenvalue weighted by Gasteiger charge is -2.26. The summed E-state index contributed by atoms with van der Waals surface area (Å²) in [6, 6.07) is 14.2. The maximum Gasteiger partial charge on any atom is 0.256 e. The van der Waals surface area contributed by atoms with E-state index in [0.717, 1.165) is 22.2 Å². The van der Waals surface area contributed by atoms with Crippen LogP contribution in [0.5, 0.6) is 0 Å². The van der Waals surface area contributed by atoms with Crippen LogP contribution in [0.2, 0.25) is 0 Å². The molecule has 0 unspecified atom stereocenters. The maximum absolute atomic E-state index is 13.3. The Bertz CT molecular complexity index is 1270. The Balaban J connectivity index is 1.69. The Morgan fingerprint density at radius 2 is 1.81 bits per heavy atom. The molecule has 32 heavy (non-hydrogen) atoms. The molecule has 1 aliphatic rings. The van der Waals surface area contributed by atoms with Crippen molar-refractivity contribution in [3.8, 4) is 0 Å². The lowest BCUT2D eigenvalue weighted by atomic mass is 10.0. The standard InChI is InChI=1S/C24H27N3O4S/c1-16(2)22-15-20(19-6-4-5-7-21(19)25-22)24(28)26-23-14-18(9-8-17(23)3)32(29,30)27-10-12-31-13-11-27/h4-9,14-16H,10-13H2,1-3H3,(H,26,28). The van der Waals surface area contributed by atoms with E-state index in [0.29, 0.717) is 37.6 Å². The van der Waals surface area contributed by atoms with Crippen LogP contribution < -0.4 is 5.32 Å². The van der Waals surface area contributed by atoms with Gasteiger partial charge in [0.25, 0.3) is 5.91 Å². The molecule has 2 heterocycles. The fourth-order valence-corrected chi connectivity index (χ4v) is 5.14. The summed E-state index contributed by atoms with van der Waals surface area (Å²) >= 11 is 0. The number of fused-ring (bicyclic) bond motifs is 1. The molecule has 0 aliphatic carbocycles. The molecule has 3 aromatic rings. The fraction of sp³-hybridized carbons (Fsp3) is 0.333. The quantitative estimate of drug-likeness (QED) is 0.632. The van der Waals surface area contributed by atoms with Crippen molar-refractivity contribution in [3.05, 3.63) is 65.4 Å². The van der Waals surface area contributed by atoms with Gasteiger partial charge in [-0.05, 0) is 42.7 Å². The molecule has 2 aromatic carbocycles. The first kappa shape index (κ1) is 22.4. The van der Waals surface area contributed by atoms with Crippen LogP contribution >= 0.6 is 0 Å². The Morgan fingerprint density at radius 1 is 1.09 bits per heavy atom. The number of hydrogen-bond acceptors (Lipinski definition) is 5. The second kappa shape index (κ2) is 8.97. The summed E-state index contributed by atoms with van der Waals surface area (Å²) in [6.07, 6.45) is 0. The lowest BCUT2D eigenvalue weighted by molar-refractivity contribution is 0.0730. The minimum absolute atomic E-state index is 0.155. The van der Waals surface area contributed by atoms with E-state index in [4.69, 9.17) is 4.74 Å². The summed E-state index contributed by atoms with van der Waals surface area (Å²) in [4.78, 5) is 18.1. The highest BCUT2D eigenvalue weighted by Crippen LogP contribution is 2.26. The second-order valence-corrected chi connectivity index (χ2v) is 10.2. The van der Waals surface area contributed by atoms with Crippen LogP contribution in [-0.4, -0.2) is 49.9 Å². The third kappa shape index (κ3) is 4.39. The molecule has 0 radical (unpaired) electrons. The van der Waals surface area contributed by atoms with Crippen LogP contribution in [0, 0.1) is 6.92 Å². The predicted octanol–water partition coefficient (Wildman–Crippen LogP) is 3.94. The SMILES string of the molecule is Cc1ccc(S(=O)(=O)N2CCOCC2)cc1NC(=O)c1cc(C(C)C)nc2ccccc12. The third-order valence-corrected chi connectivity index (χ3v) is 7.53. The smallest absolute Gasteiger partial charge is 0.256 e. The van der Waals surface area contributed by atoms with Crippen LogP contribution in [0.15, 0.2) is 53.4 Å². The molecule has 1 aliphatic heterocycles. The number of sulfonamides is 1. The number of anilines is 1. The number of nitrogens with one attached hydrogen (secondary N) is 1. The van der Waals surface area contributed by atoms with Crippen molar-refractivity contribution in [2.45, 2.75) is 31.6 Å². The molecule has 4 rings (SSSR count). The van der Waals surface area contributed by atoms with Gasteiger partial charge < -0.3 is 10.1 Å². The van der Waals surface area contributed by atoms with Gasteiger partial charge >= 0.3 is 0 Å². The molecule has 0 bridgehead atoms. The first-order valence-electron chi connectivity index (χ1n) is 10.7. The monoisotopic (exact) mass is 453 g/mol. The first-order chi connectivity index (χ1) is 15.3. The van der Waals surface area contributed by atoms with Gasteiger partial charge in [0.05, 0.1) is 29.2 Å². The Labute approximate surface area is 188 Å². The second-order valence-electron chi connectivity index (χ2n) is 8.21. The number of carbonyl (C=O) groups excluding carboxylic acids is 1. The Hall–Kier alpha value is -2.81. The van der Waals surface area contributed by atoms with Crippen molar-refractivity contribution in [3.63, 3.8) is 0 Å². The van der Waals surface area contributed by atoms with E-state index in [9.17, 15) is 13.2 Å². The molecule has 0 saturated carbocycles. The highest BCUT2D eigenvalue weighted by Gasteiger charge is 2.27. The Morgan fingerprint density at radius 3 is 2.53 bits per heavy atom. The molecular formula is C24H27N3O4S. The summed E-state index contributed by atoms with van der Waals surface area (Å²) in [5.74, 6) is -0.135. The number of carbonyl (C=O) groups is 1. The maximum atomic E-state index is 13.3. The van der Waals surface area contributed by atoms with Gasteiger partial charge in [0, 0.05) is 29.9 Å². The van der Waals surface area contributed by atoms with Gasteiger partial charge in [-0.3, -0.25) is 9.78 Å². The average molecular weight is 454 g/mol. The molecule has 0 spiro atoms. The van der Waals surface area contributed by atoms with Gasteiger partial charge in [0.2, 0.25) is 10.0 Å². The molecule has 0 atom stereocenters. The van der Waals surface area contributed by atoms with Crippen molar-refractivity contribution in [1.29, 1.82) is 0 Å². The van der Waals surface area contributed by atoms with Crippen LogP contribution in [-0.2, 0) is 14.8 Å². The number of ether oxygens (including phenoxy) is 1. The predicted molar refractivity (Wildman–Crippen MR) is 125 cm³/mol. The molecule has 1 saturated heterocycles. The zero-order valence-electron chi connectivity index (χ0n) is 18.5. The molecule has 1 aromatic heterocycles. The molecule has 1 fully saturated rings. The summed E-state index contributed by atoms with van der Waals surface area (Å²) in [6.45, 7) is 7.29. The number of amides is 1. The zero-order valence-corrected chi connectivity index (χ0v) is 19.3. The van der Waals surface area contributed by atoms with Crippen LogP contribution in [0.4, 0.5) is 5.69 Å². The number of para-hydroxylation sites is 1. The normalized spacial score (nSPS) is 15.2. The van der Waals surface area contributed by atoms with E-state index < -0.39 is 10.0 Å². The van der Waals surface area contributed by atoms with Crippen molar-refractivity contribution in [2.75, 3.05) is 31.6 Å². The van der Waals surface area contributed by atoms with E-state index in [1.807, 2.05) is 51.1 Å². The number of hydrogen-bond donors (Lipinski definition) is 1. The average Bonchev–Trinajstić information content (AvgIpc) is 2.80. The number of morpholine rings is 1. The molecule has 1 N–H and O–H groups in total. The molecule has 8 heteroatoms. The van der Waals surface area contributed by atoms with E-state index in [1.165, 1.54) is 10.4 Å². The van der Waals surface area contributed by atoms with E-state index in [1.54, 1.807) is 12.1 Å². The van der Waals surface area contributed by atoms with Gasteiger partial charge in [0.15, 0.2) is 0 Å². The largest absolute Gasteiger partial charge is 0.379 e. The first-order valence-corrected chi connectivity index (χ1v) is 12.1. The number of pyridine rings is 1. The van der Waals surface area contributed by atoms with Gasteiger partial charge in [0.1, 0.15) is 0 Å².